The minimum atomic E-state index is 0.0826. The summed E-state index contributed by atoms with van der Waals surface area (Å²) in [5.74, 6) is 0.627. The third-order valence-corrected chi connectivity index (χ3v) is 7.06. The van der Waals surface area contributed by atoms with E-state index in [2.05, 4.69) is 21.8 Å². The lowest BCUT2D eigenvalue weighted by Crippen LogP contribution is -2.47. The summed E-state index contributed by atoms with van der Waals surface area (Å²) >= 11 is 1.77. The number of hydrogen-bond acceptors (Lipinski definition) is 6. The van der Waals surface area contributed by atoms with Crippen molar-refractivity contribution in [2.75, 3.05) is 26.3 Å². The van der Waals surface area contributed by atoms with Crippen LogP contribution >= 0.6 is 11.3 Å². The Morgan fingerprint density at radius 2 is 2.11 bits per heavy atom. The van der Waals surface area contributed by atoms with Crippen molar-refractivity contribution < 1.29 is 9.47 Å². The maximum absolute atomic E-state index is 6.32. The number of rotatable bonds is 7. The quantitative estimate of drug-likeness (QED) is 0.676. The zero-order valence-electron chi connectivity index (χ0n) is 16.1. The van der Waals surface area contributed by atoms with Gasteiger partial charge in [-0.3, -0.25) is 9.88 Å². The van der Waals surface area contributed by atoms with Crippen molar-refractivity contribution in [3.05, 3.63) is 46.2 Å². The van der Waals surface area contributed by atoms with Crippen molar-refractivity contribution in [3.8, 4) is 0 Å². The van der Waals surface area contributed by atoms with Gasteiger partial charge in [-0.1, -0.05) is 0 Å². The first-order valence-corrected chi connectivity index (χ1v) is 10.8. The van der Waals surface area contributed by atoms with Crippen LogP contribution in [0.2, 0.25) is 0 Å². The molecule has 0 bridgehead atoms. The SMILES string of the molecule is Cc1ncsc1CN1CCC2(CC1)OCCC2CCOCc1ccncc1. The van der Waals surface area contributed by atoms with Crippen LogP contribution in [-0.2, 0) is 22.6 Å². The summed E-state index contributed by atoms with van der Waals surface area (Å²) in [5, 5.41) is 0. The fourth-order valence-corrected chi connectivity index (χ4v) is 5.23. The molecule has 146 valence electrons. The fourth-order valence-electron chi connectivity index (χ4n) is 4.41. The van der Waals surface area contributed by atoms with Gasteiger partial charge in [-0.15, -0.1) is 11.3 Å². The van der Waals surface area contributed by atoms with Crippen molar-refractivity contribution in [1.29, 1.82) is 0 Å². The number of ether oxygens (including phenoxy) is 2. The molecule has 6 heteroatoms. The van der Waals surface area contributed by atoms with Crippen molar-refractivity contribution in [1.82, 2.24) is 14.9 Å². The molecule has 0 radical (unpaired) electrons. The summed E-state index contributed by atoms with van der Waals surface area (Å²) in [6.45, 7) is 7.76. The largest absolute Gasteiger partial charge is 0.377 e. The molecule has 27 heavy (non-hydrogen) atoms. The van der Waals surface area contributed by atoms with E-state index in [-0.39, 0.29) is 5.60 Å². The molecular weight excluding hydrogens is 358 g/mol. The summed E-state index contributed by atoms with van der Waals surface area (Å²) in [6, 6.07) is 4.03. The van der Waals surface area contributed by atoms with Gasteiger partial charge in [0.25, 0.3) is 0 Å². The Bertz CT molecular complexity index is 713. The Balaban J connectivity index is 1.24. The minimum absolute atomic E-state index is 0.0826. The van der Waals surface area contributed by atoms with E-state index in [1.54, 1.807) is 11.3 Å². The molecule has 2 fully saturated rings. The Morgan fingerprint density at radius 3 is 2.85 bits per heavy atom. The van der Waals surface area contributed by atoms with Crippen LogP contribution in [0.1, 0.15) is 41.8 Å². The van der Waals surface area contributed by atoms with Crippen LogP contribution in [0, 0.1) is 12.8 Å². The summed E-state index contributed by atoms with van der Waals surface area (Å²) in [4.78, 5) is 12.4. The first kappa shape index (κ1) is 19.0. The molecule has 0 N–H and O–H groups in total. The van der Waals surface area contributed by atoms with Gasteiger partial charge in [-0.25, -0.2) is 4.98 Å². The highest BCUT2D eigenvalue weighted by molar-refractivity contribution is 7.09. The summed E-state index contributed by atoms with van der Waals surface area (Å²) in [6.07, 6.45) is 8.19. The smallest absolute Gasteiger partial charge is 0.0798 e. The van der Waals surface area contributed by atoms with Gasteiger partial charge in [0.1, 0.15) is 0 Å². The standard InChI is InChI=1S/C21H29N3O2S/c1-17-20(27-16-23-17)14-24-10-6-21(7-11-24)19(5-13-26-21)4-12-25-15-18-2-8-22-9-3-18/h2-3,8-9,16,19H,4-7,10-15H2,1H3. The van der Waals surface area contributed by atoms with Crippen molar-refractivity contribution >= 4 is 11.3 Å². The maximum Gasteiger partial charge on any atom is 0.0798 e. The molecule has 2 aromatic rings. The molecule has 2 aliphatic heterocycles. The van der Waals surface area contributed by atoms with E-state index in [4.69, 9.17) is 9.47 Å². The second kappa shape index (κ2) is 8.78. The first-order chi connectivity index (χ1) is 13.3. The van der Waals surface area contributed by atoms with Crippen LogP contribution in [0.4, 0.5) is 0 Å². The van der Waals surface area contributed by atoms with Crippen molar-refractivity contribution in [3.63, 3.8) is 0 Å². The minimum Gasteiger partial charge on any atom is -0.377 e. The molecule has 2 aromatic heterocycles. The number of hydrogen-bond donors (Lipinski definition) is 0. The van der Waals surface area contributed by atoms with E-state index in [1.165, 1.54) is 22.6 Å². The summed E-state index contributed by atoms with van der Waals surface area (Å²) in [7, 11) is 0. The van der Waals surface area contributed by atoms with E-state index in [9.17, 15) is 0 Å². The van der Waals surface area contributed by atoms with E-state index in [1.807, 2.05) is 30.0 Å². The Morgan fingerprint density at radius 1 is 1.30 bits per heavy atom. The van der Waals surface area contributed by atoms with Crippen LogP contribution < -0.4 is 0 Å². The lowest BCUT2D eigenvalue weighted by Gasteiger charge is -2.42. The molecule has 0 amide bonds. The number of likely N-dealkylation sites (tertiary alicyclic amines) is 1. The molecule has 0 aliphatic carbocycles. The highest BCUT2D eigenvalue weighted by Gasteiger charge is 2.45. The van der Waals surface area contributed by atoms with Gasteiger partial charge in [0.05, 0.1) is 23.4 Å². The molecule has 2 saturated heterocycles. The average Bonchev–Trinajstić information content (AvgIpc) is 3.28. The zero-order valence-corrected chi connectivity index (χ0v) is 16.9. The van der Waals surface area contributed by atoms with Crippen molar-refractivity contribution in [2.24, 2.45) is 5.92 Å². The molecule has 1 unspecified atom stereocenters. The normalized spacial score (nSPS) is 22.5. The first-order valence-electron chi connectivity index (χ1n) is 9.97. The van der Waals surface area contributed by atoms with Gasteiger partial charge in [0.15, 0.2) is 0 Å². The second-order valence-electron chi connectivity index (χ2n) is 7.73. The van der Waals surface area contributed by atoms with Crippen LogP contribution in [0.25, 0.3) is 0 Å². The van der Waals surface area contributed by atoms with Gasteiger partial charge in [-0.2, -0.15) is 0 Å². The predicted molar refractivity (Wildman–Crippen MR) is 107 cm³/mol. The number of aryl methyl sites for hydroxylation is 1. The van der Waals surface area contributed by atoms with Crippen LogP contribution in [-0.4, -0.2) is 46.8 Å². The molecule has 0 saturated carbocycles. The van der Waals surface area contributed by atoms with E-state index in [0.717, 1.165) is 52.1 Å². The lowest BCUT2D eigenvalue weighted by atomic mass is 9.78. The summed E-state index contributed by atoms with van der Waals surface area (Å²) < 4.78 is 12.2. The Kier molecular flexibility index (Phi) is 6.18. The van der Waals surface area contributed by atoms with Gasteiger partial charge >= 0.3 is 0 Å². The number of aromatic nitrogens is 2. The van der Waals surface area contributed by atoms with E-state index >= 15 is 0 Å². The van der Waals surface area contributed by atoms with Gasteiger partial charge in [0.2, 0.25) is 0 Å². The highest BCUT2D eigenvalue weighted by atomic mass is 32.1. The third-order valence-electron chi connectivity index (χ3n) is 6.14. The van der Waals surface area contributed by atoms with Gasteiger partial charge in [-0.05, 0) is 56.2 Å². The predicted octanol–water partition coefficient (Wildman–Crippen LogP) is 3.82. The molecule has 4 rings (SSSR count). The molecule has 1 spiro atoms. The topological polar surface area (TPSA) is 47.5 Å². The third kappa shape index (κ3) is 4.57. The summed E-state index contributed by atoms with van der Waals surface area (Å²) in [5.41, 5.74) is 4.41. The lowest BCUT2D eigenvalue weighted by molar-refractivity contribution is -0.0732. The highest BCUT2D eigenvalue weighted by Crippen LogP contribution is 2.42. The molecular formula is C21H29N3O2S. The van der Waals surface area contributed by atoms with Crippen LogP contribution in [0.5, 0.6) is 0 Å². The maximum atomic E-state index is 6.32. The Labute approximate surface area is 165 Å². The van der Waals surface area contributed by atoms with E-state index in [0.29, 0.717) is 12.5 Å². The number of pyridine rings is 1. The Hall–Kier alpha value is -1.34. The molecule has 5 nitrogen and oxygen atoms in total. The number of piperidine rings is 1. The van der Waals surface area contributed by atoms with Crippen LogP contribution in [0.3, 0.4) is 0 Å². The molecule has 1 atom stereocenters. The monoisotopic (exact) mass is 387 g/mol. The van der Waals surface area contributed by atoms with Crippen molar-refractivity contribution in [2.45, 2.75) is 51.4 Å². The molecule has 2 aliphatic rings. The molecule has 0 aromatic carbocycles. The average molecular weight is 388 g/mol. The number of nitrogens with zero attached hydrogens (tertiary/aromatic N) is 3. The van der Waals surface area contributed by atoms with E-state index < -0.39 is 0 Å². The number of thiazole rings is 1. The second-order valence-corrected chi connectivity index (χ2v) is 8.67. The fraction of sp³-hybridized carbons (Fsp3) is 0.619. The van der Waals surface area contributed by atoms with Gasteiger partial charge < -0.3 is 9.47 Å². The van der Waals surface area contributed by atoms with Crippen LogP contribution in [0.15, 0.2) is 30.0 Å². The van der Waals surface area contributed by atoms with Gasteiger partial charge in [0, 0.05) is 50.1 Å². The zero-order chi connectivity index (χ0) is 18.5. The molecule has 4 heterocycles.